The lowest BCUT2D eigenvalue weighted by Gasteiger charge is -2.37. The SMILES string of the molecule is CCCC(NC(=O)[C@@H]1C[C@@]2(CN1C(=O)[C@@H](NC(=O)[C@@H](N)C1CCCCC1)C(C)(C)C)C(C)(C)C21CCC1)C(O)C(=O)NC1CC1. The van der Waals surface area contributed by atoms with E-state index in [0.717, 1.165) is 64.2 Å². The molecule has 10 nitrogen and oxygen atoms in total. The molecule has 0 aromatic carbocycles. The standard InChI is InChI=1S/C35H59N5O5/c1-7-12-23(26(41)30(44)37-22-15-16-22)38-28(42)24-19-35(33(5,6)34(35)17-11-18-34)20-40(24)31(45)27(32(2,3)4)39-29(43)25(36)21-13-9-8-10-14-21/h21-27,41H,7-20,36H2,1-6H3,(H,37,44)(H,38,42)(H,39,43)/t23?,24-,25-,26?,27+,35+/m0/s1. The van der Waals surface area contributed by atoms with Crippen molar-refractivity contribution in [2.24, 2.45) is 33.3 Å². The lowest BCUT2D eigenvalue weighted by atomic mass is 9.73. The van der Waals surface area contributed by atoms with Crippen molar-refractivity contribution in [2.75, 3.05) is 6.54 Å². The molecule has 2 unspecified atom stereocenters. The van der Waals surface area contributed by atoms with Gasteiger partial charge in [0.1, 0.15) is 12.1 Å². The molecule has 10 heteroatoms. The Balaban J connectivity index is 1.38. The summed E-state index contributed by atoms with van der Waals surface area (Å²) in [5.74, 6) is -1.27. The summed E-state index contributed by atoms with van der Waals surface area (Å²) >= 11 is 0. The Bertz CT molecular complexity index is 1150. The summed E-state index contributed by atoms with van der Waals surface area (Å²) in [5, 5.41) is 19.9. The van der Waals surface area contributed by atoms with Crippen LogP contribution in [0.25, 0.3) is 0 Å². The molecule has 6 N–H and O–H groups in total. The van der Waals surface area contributed by atoms with Gasteiger partial charge in [-0.1, -0.05) is 73.6 Å². The largest absolute Gasteiger partial charge is 0.381 e. The van der Waals surface area contributed by atoms with Gasteiger partial charge >= 0.3 is 0 Å². The van der Waals surface area contributed by atoms with Gasteiger partial charge in [0.25, 0.3) is 5.91 Å². The van der Waals surface area contributed by atoms with Gasteiger partial charge in [-0.3, -0.25) is 19.2 Å². The first kappa shape index (κ1) is 34.1. The molecule has 2 spiro atoms. The predicted molar refractivity (Wildman–Crippen MR) is 173 cm³/mol. The molecule has 0 aromatic rings. The number of aliphatic hydroxyl groups is 1. The topological polar surface area (TPSA) is 154 Å². The summed E-state index contributed by atoms with van der Waals surface area (Å²) < 4.78 is 0. The van der Waals surface area contributed by atoms with E-state index >= 15 is 0 Å². The normalized spacial score (nSPS) is 29.8. The van der Waals surface area contributed by atoms with Crippen molar-refractivity contribution in [1.29, 1.82) is 0 Å². The van der Waals surface area contributed by atoms with E-state index in [0.29, 0.717) is 25.8 Å². The highest BCUT2D eigenvalue weighted by atomic mass is 16.3. The Morgan fingerprint density at radius 2 is 1.58 bits per heavy atom. The van der Waals surface area contributed by atoms with Gasteiger partial charge in [0, 0.05) is 18.0 Å². The number of carbonyl (C=O) groups is 4. The smallest absolute Gasteiger partial charge is 0.251 e. The Morgan fingerprint density at radius 3 is 2.09 bits per heavy atom. The Labute approximate surface area is 269 Å². The number of hydrogen-bond donors (Lipinski definition) is 5. The number of nitrogens with two attached hydrogens (primary N) is 1. The summed E-state index contributed by atoms with van der Waals surface area (Å²) in [6, 6.07) is -2.95. The first-order valence-corrected chi connectivity index (χ1v) is 17.8. The van der Waals surface area contributed by atoms with E-state index in [2.05, 4.69) is 29.8 Å². The van der Waals surface area contributed by atoms with Crippen LogP contribution in [0.15, 0.2) is 0 Å². The van der Waals surface area contributed by atoms with Crippen molar-refractivity contribution in [3.8, 4) is 0 Å². The molecule has 4 aliphatic carbocycles. The number of rotatable bonds is 11. The minimum Gasteiger partial charge on any atom is -0.381 e. The molecule has 0 aromatic heterocycles. The lowest BCUT2D eigenvalue weighted by Crippen LogP contribution is -2.61. The first-order chi connectivity index (χ1) is 21.1. The van der Waals surface area contributed by atoms with Crippen LogP contribution in [0, 0.1) is 27.6 Å². The van der Waals surface area contributed by atoms with Gasteiger partial charge in [-0.2, -0.15) is 0 Å². The van der Waals surface area contributed by atoms with Crippen molar-refractivity contribution in [3.63, 3.8) is 0 Å². The minimum atomic E-state index is -1.37. The molecular weight excluding hydrogens is 570 g/mol. The highest BCUT2D eigenvalue weighted by Gasteiger charge is 2.85. The fourth-order valence-electron chi connectivity index (χ4n) is 9.42. The molecule has 5 rings (SSSR count). The third-order valence-corrected chi connectivity index (χ3v) is 12.8. The zero-order valence-corrected chi connectivity index (χ0v) is 28.5. The van der Waals surface area contributed by atoms with Crippen LogP contribution in [0.2, 0.25) is 0 Å². The summed E-state index contributed by atoms with van der Waals surface area (Å²) in [6.45, 7) is 12.8. The first-order valence-electron chi connectivity index (χ1n) is 17.8. The van der Waals surface area contributed by atoms with E-state index in [-0.39, 0.29) is 45.9 Å². The molecule has 5 aliphatic rings. The van der Waals surface area contributed by atoms with Gasteiger partial charge in [0.2, 0.25) is 17.7 Å². The minimum absolute atomic E-state index is 0.0257. The number of carbonyl (C=O) groups excluding carboxylic acids is 4. The van der Waals surface area contributed by atoms with Crippen molar-refractivity contribution in [3.05, 3.63) is 0 Å². The maximum Gasteiger partial charge on any atom is 0.251 e. The molecule has 4 saturated carbocycles. The fourth-order valence-corrected chi connectivity index (χ4v) is 9.42. The number of nitrogens with one attached hydrogen (secondary N) is 3. The summed E-state index contributed by atoms with van der Waals surface area (Å²) in [5.41, 5.74) is 5.74. The Morgan fingerprint density at radius 1 is 0.933 bits per heavy atom. The van der Waals surface area contributed by atoms with Crippen LogP contribution in [0.5, 0.6) is 0 Å². The van der Waals surface area contributed by atoms with E-state index in [1.807, 2.05) is 27.7 Å². The van der Waals surface area contributed by atoms with E-state index in [1.54, 1.807) is 4.90 Å². The van der Waals surface area contributed by atoms with Gasteiger partial charge in [0.15, 0.2) is 6.10 Å². The second-order valence-corrected chi connectivity index (χ2v) is 16.7. The van der Waals surface area contributed by atoms with Crippen molar-refractivity contribution in [1.82, 2.24) is 20.9 Å². The molecule has 6 atom stereocenters. The molecule has 5 fully saturated rings. The molecule has 0 bridgehead atoms. The zero-order chi connectivity index (χ0) is 32.9. The number of aliphatic hydroxyl groups excluding tert-OH is 1. The Kier molecular flexibility index (Phi) is 9.44. The van der Waals surface area contributed by atoms with E-state index < -0.39 is 41.6 Å². The lowest BCUT2D eigenvalue weighted by molar-refractivity contribution is -0.145. The molecule has 0 radical (unpaired) electrons. The number of fused-ring (bicyclic) bond motifs is 1. The van der Waals surface area contributed by atoms with Gasteiger partial charge < -0.3 is 31.7 Å². The van der Waals surface area contributed by atoms with Crippen molar-refractivity contribution >= 4 is 23.6 Å². The van der Waals surface area contributed by atoms with Gasteiger partial charge in [-0.25, -0.2) is 0 Å². The van der Waals surface area contributed by atoms with Gasteiger partial charge in [0.05, 0.1) is 12.1 Å². The average molecular weight is 630 g/mol. The highest BCUT2D eigenvalue weighted by Crippen LogP contribution is 2.88. The fraction of sp³-hybridized carbons (Fsp3) is 0.886. The molecule has 1 saturated heterocycles. The third-order valence-electron chi connectivity index (χ3n) is 12.8. The van der Waals surface area contributed by atoms with Crippen molar-refractivity contribution < 1.29 is 24.3 Å². The van der Waals surface area contributed by atoms with Crippen LogP contribution in [0.3, 0.4) is 0 Å². The van der Waals surface area contributed by atoms with E-state index in [9.17, 15) is 24.3 Å². The average Bonchev–Trinajstić information content (AvgIpc) is 3.79. The van der Waals surface area contributed by atoms with Gasteiger partial charge in [-0.05, 0) is 73.5 Å². The quantitative estimate of drug-likeness (QED) is 0.237. The van der Waals surface area contributed by atoms with Crippen molar-refractivity contribution in [2.45, 2.75) is 161 Å². The summed E-state index contributed by atoms with van der Waals surface area (Å²) in [6.07, 6.45) is 10.5. The van der Waals surface area contributed by atoms with Crippen LogP contribution in [0.1, 0.15) is 125 Å². The number of likely N-dealkylation sites (tertiary alicyclic amines) is 1. The van der Waals surface area contributed by atoms with Crippen LogP contribution >= 0.6 is 0 Å². The number of nitrogens with zero attached hydrogens (tertiary/aromatic N) is 1. The van der Waals surface area contributed by atoms with E-state index in [4.69, 9.17) is 5.73 Å². The molecule has 254 valence electrons. The second-order valence-electron chi connectivity index (χ2n) is 16.7. The summed E-state index contributed by atoms with van der Waals surface area (Å²) in [4.78, 5) is 56.8. The van der Waals surface area contributed by atoms with Crippen LogP contribution in [-0.2, 0) is 19.2 Å². The van der Waals surface area contributed by atoms with Crippen LogP contribution in [-0.4, -0.2) is 76.5 Å². The third kappa shape index (κ3) is 6.03. The maximum absolute atomic E-state index is 14.6. The predicted octanol–water partition coefficient (Wildman–Crippen LogP) is 3.15. The molecule has 1 aliphatic heterocycles. The molecule has 4 amide bonds. The molecule has 1 heterocycles. The van der Waals surface area contributed by atoms with E-state index in [1.165, 1.54) is 0 Å². The molecule has 45 heavy (non-hydrogen) atoms. The van der Waals surface area contributed by atoms with Crippen LogP contribution < -0.4 is 21.7 Å². The molecular formula is C35H59N5O5. The van der Waals surface area contributed by atoms with Gasteiger partial charge in [-0.15, -0.1) is 0 Å². The second kappa shape index (κ2) is 12.4. The zero-order valence-electron chi connectivity index (χ0n) is 28.5. The monoisotopic (exact) mass is 629 g/mol. The Hall–Kier alpha value is -2.20. The number of amides is 4. The highest BCUT2D eigenvalue weighted by molar-refractivity contribution is 5.95. The van der Waals surface area contributed by atoms with Crippen LogP contribution in [0.4, 0.5) is 0 Å². The summed E-state index contributed by atoms with van der Waals surface area (Å²) in [7, 11) is 0. The number of hydrogen-bond acceptors (Lipinski definition) is 6. The maximum atomic E-state index is 14.6.